The van der Waals surface area contributed by atoms with E-state index in [1.807, 2.05) is 6.07 Å². The Morgan fingerprint density at radius 3 is 2.64 bits per heavy atom. The zero-order valence-corrected chi connectivity index (χ0v) is 15.6. The van der Waals surface area contributed by atoms with Gasteiger partial charge in [0.15, 0.2) is 11.5 Å². The number of carbonyl (C=O) groups excluding carboxylic acids is 2. The first kappa shape index (κ1) is 20.7. The largest absolute Gasteiger partial charge is 0.493 e. The first-order valence-electron chi connectivity index (χ1n) is 8.24. The van der Waals surface area contributed by atoms with Gasteiger partial charge in [0.25, 0.3) is 0 Å². The minimum Gasteiger partial charge on any atom is -0.493 e. The van der Waals surface area contributed by atoms with E-state index in [-0.39, 0.29) is 29.4 Å². The molecule has 0 aliphatic rings. The van der Waals surface area contributed by atoms with Crippen LogP contribution in [0.5, 0.6) is 11.5 Å². The SMILES string of the molecule is COC[C@@H](C)OC(=O)/C(C#N)=C/c1ccc(OC(=O)c2ccco2)c(OC)c1. The average molecular weight is 385 g/mol. The summed E-state index contributed by atoms with van der Waals surface area (Å²) in [5.41, 5.74) is 0.299. The van der Waals surface area contributed by atoms with E-state index in [4.69, 9.17) is 23.4 Å². The Kier molecular flexibility index (Phi) is 7.37. The second-order valence-electron chi connectivity index (χ2n) is 5.62. The first-order chi connectivity index (χ1) is 13.5. The molecule has 0 aliphatic carbocycles. The highest BCUT2D eigenvalue weighted by Gasteiger charge is 2.17. The summed E-state index contributed by atoms with van der Waals surface area (Å²) >= 11 is 0. The molecule has 1 atom stereocenters. The van der Waals surface area contributed by atoms with Crippen LogP contribution in [0.2, 0.25) is 0 Å². The smallest absolute Gasteiger partial charge is 0.379 e. The highest BCUT2D eigenvalue weighted by Crippen LogP contribution is 2.29. The third kappa shape index (κ3) is 5.46. The van der Waals surface area contributed by atoms with Crippen molar-refractivity contribution in [2.75, 3.05) is 20.8 Å². The van der Waals surface area contributed by atoms with Crippen LogP contribution >= 0.6 is 0 Å². The molecule has 146 valence electrons. The molecule has 8 nitrogen and oxygen atoms in total. The summed E-state index contributed by atoms with van der Waals surface area (Å²) in [4.78, 5) is 24.1. The number of furan rings is 1. The van der Waals surface area contributed by atoms with Gasteiger partial charge in [0, 0.05) is 7.11 Å². The van der Waals surface area contributed by atoms with Crippen LogP contribution in [-0.4, -0.2) is 38.9 Å². The molecule has 0 radical (unpaired) electrons. The molecule has 0 fully saturated rings. The number of rotatable bonds is 8. The number of hydrogen-bond donors (Lipinski definition) is 0. The molecule has 0 saturated heterocycles. The number of benzene rings is 1. The monoisotopic (exact) mass is 385 g/mol. The van der Waals surface area contributed by atoms with Crippen molar-refractivity contribution in [1.82, 2.24) is 0 Å². The zero-order valence-electron chi connectivity index (χ0n) is 15.6. The Hall–Kier alpha value is -3.57. The summed E-state index contributed by atoms with van der Waals surface area (Å²) in [6.45, 7) is 1.87. The quantitative estimate of drug-likeness (QED) is 0.295. The molecule has 0 bridgehead atoms. The Balaban J connectivity index is 2.19. The maximum absolute atomic E-state index is 12.1. The number of ether oxygens (including phenoxy) is 4. The van der Waals surface area contributed by atoms with Crippen LogP contribution in [0.3, 0.4) is 0 Å². The third-order valence-electron chi connectivity index (χ3n) is 3.47. The molecule has 0 N–H and O–H groups in total. The molecule has 0 unspecified atom stereocenters. The van der Waals surface area contributed by atoms with Gasteiger partial charge in [-0.3, -0.25) is 0 Å². The van der Waals surface area contributed by atoms with Gasteiger partial charge in [-0.15, -0.1) is 0 Å². The van der Waals surface area contributed by atoms with Crippen molar-refractivity contribution in [3.8, 4) is 17.6 Å². The van der Waals surface area contributed by atoms with Gasteiger partial charge >= 0.3 is 11.9 Å². The zero-order chi connectivity index (χ0) is 20.5. The Morgan fingerprint density at radius 1 is 1.25 bits per heavy atom. The van der Waals surface area contributed by atoms with Crippen LogP contribution in [0.1, 0.15) is 23.0 Å². The molecule has 1 heterocycles. The summed E-state index contributed by atoms with van der Waals surface area (Å²) in [6.07, 6.45) is 2.22. The van der Waals surface area contributed by atoms with E-state index in [2.05, 4.69) is 0 Å². The van der Waals surface area contributed by atoms with E-state index in [0.29, 0.717) is 5.56 Å². The highest BCUT2D eigenvalue weighted by atomic mass is 16.6. The van der Waals surface area contributed by atoms with Crippen LogP contribution in [0.15, 0.2) is 46.6 Å². The van der Waals surface area contributed by atoms with Crippen LogP contribution in [-0.2, 0) is 14.3 Å². The maximum atomic E-state index is 12.1. The molecule has 2 aromatic rings. The minimum absolute atomic E-state index is 0.0470. The van der Waals surface area contributed by atoms with Crippen molar-refractivity contribution in [3.63, 3.8) is 0 Å². The predicted octanol–water partition coefficient (Wildman–Crippen LogP) is 2.99. The normalized spacial score (nSPS) is 12.0. The number of hydrogen-bond acceptors (Lipinski definition) is 8. The van der Waals surface area contributed by atoms with Crippen LogP contribution in [0, 0.1) is 11.3 Å². The van der Waals surface area contributed by atoms with Crippen molar-refractivity contribution in [1.29, 1.82) is 5.26 Å². The lowest BCUT2D eigenvalue weighted by molar-refractivity contribution is -0.145. The van der Waals surface area contributed by atoms with E-state index in [1.165, 1.54) is 44.8 Å². The molecule has 1 aromatic carbocycles. The van der Waals surface area contributed by atoms with Gasteiger partial charge in [0.05, 0.1) is 20.0 Å². The molecule has 1 aromatic heterocycles. The summed E-state index contributed by atoms with van der Waals surface area (Å²) in [5.74, 6) is -0.993. The minimum atomic E-state index is -0.764. The molecule has 0 amide bonds. The van der Waals surface area contributed by atoms with Crippen molar-refractivity contribution in [2.24, 2.45) is 0 Å². The molecule has 0 aliphatic heterocycles. The molecule has 0 saturated carbocycles. The van der Waals surface area contributed by atoms with E-state index in [1.54, 1.807) is 19.1 Å². The van der Waals surface area contributed by atoms with E-state index < -0.39 is 18.0 Å². The summed E-state index contributed by atoms with van der Waals surface area (Å²) in [6, 6.07) is 9.42. The van der Waals surface area contributed by atoms with Crippen molar-refractivity contribution < 1.29 is 33.0 Å². The van der Waals surface area contributed by atoms with E-state index in [0.717, 1.165) is 0 Å². The number of nitrogens with zero attached hydrogens (tertiary/aromatic N) is 1. The van der Waals surface area contributed by atoms with Gasteiger partial charge in [-0.25, -0.2) is 9.59 Å². The average Bonchev–Trinajstić information content (AvgIpc) is 3.22. The van der Waals surface area contributed by atoms with Crippen LogP contribution in [0.25, 0.3) is 6.08 Å². The molecule has 2 rings (SSSR count). The molecular formula is C20H19NO7. The van der Waals surface area contributed by atoms with Gasteiger partial charge < -0.3 is 23.4 Å². The summed E-state index contributed by atoms with van der Waals surface area (Å²) < 4.78 is 25.5. The summed E-state index contributed by atoms with van der Waals surface area (Å²) in [7, 11) is 2.89. The number of carbonyl (C=O) groups is 2. The van der Waals surface area contributed by atoms with Gasteiger partial charge in [0.1, 0.15) is 17.7 Å². The second-order valence-corrected chi connectivity index (χ2v) is 5.62. The van der Waals surface area contributed by atoms with E-state index in [9.17, 15) is 14.9 Å². The van der Waals surface area contributed by atoms with E-state index >= 15 is 0 Å². The summed E-state index contributed by atoms with van der Waals surface area (Å²) in [5, 5.41) is 9.24. The fourth-order valence-electron chi connectivity index (χ4n) is 2.22. The molecule has 8 heteroatoms. The van der Waals surface area contributed by atoms with Crippen molar-refractivity contribution in [3.05, 3.63) is 53.5 Å². The Morgan fingerprint density at radius 2 is 2.04 bits per heavy atom. The fraction of sp³-hybridized carbons (Fsp3) is 0.250. The van der Waals surface area contributed by atoms with Crippen LogP contribution < -0.4 is 9.47 Å². The molecular weight excluding hydrogens is 366 g/mol. The predicted molar refractivity (Wildman–Crippen MR) is 97.7 cm³/mol. The van der Waals surface area contributed by atoms with Crippen LogP contribution in [0.4, 0.5) is 0 Å². The number of nitriles is 1. The lowest BCUT2D eigenvalue weighted by atomic mass is 10.1. The maximum Gasteiger partial charge on any atom is 0.379 e. The standard InChI is InChI=1S/C20H19NO7/c1-13(12-24-2)27-19(22)15(11-21)9-14-6-7-16(18(10-14)25-3)28-20(23)17-5-4-8-26-17/h4-10,13H,12H2,1-3H3/b15-9+/t13-/m1/s1. The number of esters is 2. The lowest BCUT2D eigenvalue weighted by Gasteiger charge is -2.12. The van der Waals surface area contributed by atoms with Crippen molar-refractivity contribution >= 4 is 18.0 Å². The highest BCUT2D eigenvalue weighted by molar-refractivity contribution is 5.98. The Labute approximate surface area is 161 Å². The number of methoxy groups -OCH3 is 2. The third-order valence-corrected chi connectivity index (χ3v) is 3.47. The van der Waals surface area contributed by atoms with Gasteiger partial charge in [0.2, 0.25) is 5.76 Å². The van der Waals surface area contributed by atoms with Gasteiger partial charge in [-0.1, -0.05) is 6.07 Å². The molecule has 28 heavy (non-hydrogen) atoms. The Bertz CT molecular complexity index is 894. The van der Waals surface area contributed by atoms with Crippen molar-refractivity contribution in [2.45, 2.75) is 13.0 Å². The topological polar surface area (TPSA) is 108 Å². The van der Waals surface area contributed by atoms with Gasteiger partial charge in [-0.05, 0) is 42.8 Å². The fourth-order valence-corrected chi connectivity index (χ4v) is 2.22. The second kappa shape index (κ2) is 9.94. The first-order valence-corrected chi connectivity index (χ1v) is 8.24. The molecule has 0 spiro atoms. The van der Waals surface area contributed by atoms with Gasteiger partial charge in [-0.2, -0.15) is 5.26 Å². The lowest BCUT2D eigenvalue weighted by Crippen LogP contribution is -2.20.